The quantitative estimate of drug-likeness (QED) is 0.715. The molecule has 3 rings (SSSR count). The highest BCUT2D eigenvalue weighted by molar-refractivity contribution is 6.29. The molecule has 0 radical (unpaired) electrons. The molecule has 0 spiro atoms. The van der Waals surface area contributed by atoms with E-state index >= 15 is 0 Å². The van der Waals surface area contributed by atoms with Gasteiger partial charge in [0.05, 0.1) is 0 Å². The van der Waals surface area contributed by atoms with E-state index < -0.39 is 0 Å². The lowest BCUT2D eigenvalue weighted by Crippen LogP contribution is -2.36. The third kappa shape index (κ3) is 2.40. The molecule has 1 unspecified atom stereocenters. The van der Waals surface area contributed by atoms with E-state index in [4.69, 9.17) is 11.6 Å². The van der Waals surface area contributed by atoms with Crippen LogP contribution in [0.1, 0.15) is 19.3 Å². The van der Waals surface area contributed by atoms with Gasteiger partial charge in [0.15, 0.2) is 0 Å². The summed E-state index contributed by atoms with van der Waals surface area (Å²) in [4.78, 5) is 9.45. The number of rotatable bonds is 1. The first-order valence-corrected chi connectivity index (χ1v) is 6.82. The lowest BCUT2D eigenvalue weighted by Gasteiger charge is -2.26. The summed E-state index contributed by atoms with van der Waals surface area (Å²) in [5, 5.41) is 0.593. The zero-order valence-corrected chi connectivity index (χ0v) is 10.7. The van der Waals surface area contributed by atoms with Crippen molar-refractivity contribution in [3.05, 3.63) is 23.4 Å². The molecule has 3 heterocycles. The standard InChI is InChI=1S/C13H18ClN3/c14-12-5-1-6-13(15-12)17-9-3-8-16-7-2-4-11(16)10-17/h1,5-6,11H,2-4,7-10H2. The SMILES string of the molecule is Clc1cccc(N2CCCN3CCCC3C2)n1. The fourth-order valence-corrected chi connectivity index (χ4v) is 3.15. The van der Waals surface area contributed by atoms with Crippen LogP contribution in [0.2, 0.25) is 5.15 Å². The van der Waals surface area contributed by atoms with Crippen LogP contribution >= 0.6 is 11.6 Å². The van der Waals surface area contributed by atoms with E-state index in [9.17, 15) is 0 Å². The predicted octanol–water partition coefficient (Wildman–Crippen LogP) is 2.41. The van der Waals surface area contributed by atoms with Crippen LogP contribution in [0.4, 0.5) is 5.82 Å². The molecule has 2 aliphatic heterocycles. The summed E-state index contributed by atoms with van der Waals surface area (Å²) in [6, 6.07) is 6.61. The summed E-state index contributed by atoms with van der Waals surface area (Å²) in [6.07, 6.45) is 3.91. The first-order chi connectivity index (χ1) is 8.33. The summed E-state index contributed by atoms with van der Waals surface area (Å²) < 4.78 is 0. The first kappa shape index (κ1) is 11.3. The van der Waals surface area contributed by atoms with Crippen molar-refractivity contribution in [2.45, 2.75) is 25.3 Å². The predicted molar refractivity (Wildman–Crippen MR) is 70.7 cm³/mol. The number of fused-ring (bicyclic) bond motifs is 1. The minimum atomic E-state index is 0.593. The van der Waals surface area contributed by atoms with E-state index in [2.05, 4.69) is 20.9 Å². The molecule has 0 aliphatic carbocycles. The van der Waals surface area contributed by atoms with Crippen LogP contribution in [0, 0.1) is 0 Å². The van der Waals surface area contributed by atoms with Gasteiger partial charge in [0.1, 0.15) is 11.0 Å². The molecule has 0 N–H and O–H groups in total. The molecule has 0 bridgehead atoms. The van der Waals surface area contributed by atoms with E-state index in [-0.39, 0.29) is 0 Å². The number of anilines is 1. The Morgan fingerprint density at radius 2 is 2.06 bits per heavy atom. The zero-order chi connectivity index (χ0) is 11.7. The van der Waals surface area contributed by atoms with Gasteiger partial charge < -0.3 is 4.90 Å². The molecule has 17 heavy (non-hydrogen) atoms. The summed E-state index contributed by atoms with van der Waals surface area (Å²) >= 11 is 5.97. The lowest BCUT2D eigenvalue weighted by atomic mass is 10.2. The molecule has 2 saturated heterocycles. The Bertz CT molecular complexity index is 396. The third-order valence-corrected chi connectivity index (χ3v) is 4.04. The summed E-state index contributed by atoms with van der Waals surface area (Å²) in [6.45, 7) is 4.72. The van der Waals surface area contributed by atoms with Crippen LogP contribution in [-0.4, -0.2) is 42.1 Å². The maximum absolute atomic E-state index is 5.97. The largest absolute Gasteiger partial charge is 0.355 e. The van der Waals surface area contributed by atoms with Crippen LogP contribution in [0.5, 0.6) is 0 Å². The molecule has 92 valence electrons. The van der Waals surface area contributed by atoms with Crippen molar-refractivity contribution in [1.82, 2.24) is 9.88 Å². The van der Waals surface area contributed by atoms with Gasteiger partial charge in [0.2, 0.25) is 0 Å². The molecule has 4 heteroatoms. The summed E-state index contributed by atoms with van der Waals surface area (Å²) in [5.41, 5.74) is 0. The van der Waals surface area contributed by atoms with Crippen molar-refractivity contribution in [3.8, 4) is 0 Å². The van der Waals surface area contributed by atoms with Crippen LogP contribution in [-0.2, 0) is 0 Å². The van der Waals surface area contributed by atoms with E-state index in [0.717, 1.165) is 24.9 Å². The second-order valence-electron chi connectivity index (χ2n) is 4.95. The normalized spacial score (nSPS) is 25.7. The highest BCUT2D eigenvalue weighted by atomic mass is 35.5. The van der Waals surface area contributed by atoms with Crippen molar-refractivity contribution in [3.63, 3.8) is 0 Å². The maximum Gasteiger partial charge on any atom is 0.131 e. The smallest absolute Gasteiger partial charge is 0.131 e. The van der Waals surface area contributed by atoms with Crippen LogP contribution < -0.4 is 4.90 Å². The molecular formula is C13H18ClN3. The Hall–Kier alpha value is -0.800. The molecule has 0 amide bonds. The van der Waals surface area contributed by atoms with E-state index in [1.54, 1.807) is 0 Å². The van der Waals surface area contributed by atoms with Crippen molar-refractivity contribution >= 4 is 17.4 Å². The van der Waals surface area contributed by atoms with Crippen molar-refractivity contribution in [2.24, 2.45) is 0 Å². The molecule has 0 saturated carbocycles. The molecule has 2 aliphatic rings. The summed E-state index contributed by atoms with van der Waals surface area (Å²) in [5.74, 6) is 1.03. The highest BCUT2D eigenvalue weighted by Gasteiger charge is 2.29. The minimum absolute atomic E-state index is 0.593. The van der Waals surface area contributed by atoms with Crippen LogP contribution in [0.15, 0.2) is 18.2 Å². The number of nitrogens with zero attached hydrogens (tertiary/aromatic N) is 3. The number of hydrogen-bond acceptors (Lipinski definition) is 3. The Labute approximate surface area is 107 Å². The van der Waals surface area contributed by atoms with Crippen molar-refractivity contribution < 1.29 is 0 Å². The zero-order valence-electron chi connectivity index (χ0n) is 9.98. The lowest BCUT2D eigenvalue weighted by molar-refractivity contribution is 0.273. The highest BCUT2D eigenvalue weighted by Crippen LogP contribution is 2.24. The first-order valence-electron chi connectivity index (χ1n) is 6.44. The van der Waals surface area contributed by atoms with Crippen molar-refractivity contribution in [2.75, 3.05) is 31.1 Å². The molecule has 1 atom stereocenters. The van der Waals surface area contributed by atoms with Gasteiger partial charge in [-0.25, -0.2) is 4.98 Å². The molecule has 1 aromatic heterocycles. The van der Waals surface area contributed by atoms with Crippen LogP contribution in [0.25, 0.3) is 0 Å². The van der Waals surface area contributed by atoms with E-state index in [1.165, 1.54) is 32.4 Å². The van der Waals surface area contributed by atoms with Gasteiger partial charge in [0.25, 0.3) is 0 Å². The molecule has 3 nitrogen and oxygen atoms in total. The average molecular weight is 252 g/mol. The monoisotopic (exact) mass is 251 g/mol. The molecule has 1 aromatic rings. The van der Waals surface area contributed by atoms with Gasteiger partial charge in [-0.3, -0.25) is 4.90 Å². The Morgan fingerprint density at radius 3 is 2.94 bits per heavy atom. The topological polar surface area (TPSA) is 19.4 Å². The van der Waals surface area contributed by atoms with Gasteiger partial charge in [-0.05, 0) is 37.9 Å². The molecule has 2 fully saturated rings. The maximum atomic E-state index is 5.97. The van der Waals surface area contributed by atoms with Gasteiger partial charge in [-0.1, -0.05) is 17.7 Å². The molecular weight excluding hydrogens is 234 g/mol. The van der Waals surface area contributed by atoms with Gasteiger partial charge in [-0.2, -0.15) is 0 Å². The number of halogens is 1. The Morgan fingerprint density at radius 1 is 1.18 bits per heavy atom. The number of aromatic nitrogens is 1. The van der Waals surface area contributed by atoms with Gasteiger partial charge in [-0.15, -0.1) is 0 Å². The third-order valence-electron chi connectivity index (χ3n) is 3.83. The van der Waals surface area contributed by atoms with Gasteiger partial charge >= 0.3 is 0 Å². The minimum Gasteiger partial charge on any atom is -0.355 e. The fraction of sp³-hybridized carbons (Fsp3) is 0.615. The van der Waals surface area contributed by atoms with E-state index in [1.807, 2.05) is 12.1 Å². The number of hydrogen-bond donors (Lipinski definition) is 0. The average Bonchev–Trinajstić information content (AvgIpc) is 2.66. The summed E-state index contributed by atoms with van der Waals surface area (Å²) in [7, 11) is 0. The fourth-order valence-electron chi connectivity index (χ4n) is 2.99. The second-order valence-corrected chi connectivity index (χ2v) is 5.34. The Balaban J connectivity index is 1.78. The van der Waals surface area contributed by atoms with Gasteiger partial charge in [0, 0.05) is 25.7 Å². The molecule has 0 aromatic carbocycles. The van der Waals surface area contributed by atoms with Crippen molar-refractivity contribution in [1.29, 1.82) is 0 Å². The van der Waals surface area contributed by atoms with E-state index in [0.29, 0.717) is 5.15 Å². The Kier molecular flexibility index (Phi) is 3.21. The van der Waals surface area contributed by atoms with Crippen LogP contribution in [0.3, 0.4) is 0 Å². The second kappa shape index (κ2) is 4.83. The number of pyridine rings is 1.